The SMILES string of the molecule is BrCc1cccnc1N1CCn2ccnc2C1. The molecule has 0 bridgehead atoms. The lowest BCUT2D eigenvalue weighted by Gasteiger charge is -2.29. The first-order valence-electron chi connectivity index (χ1n) is 5.63. The van der Waals surface area contributed by atoms with E-state index in [9.17, 15) is 0 Å². The molecule has 0 fully saturated rings. The number of fused-ring (bicyclic) bond motifs is 1. The zero-order valence-corrected chi connectivity index (χ0v) is 11.0. The molecule has 1 aliphatic heterocycles. The van der Waals surface area contributed by atoms with Crippen LogP contribution in [0.4, 0.5) is 5.82 Å². The van der Waals surface area contributed by atoms with Crippen molar-refractivity contribution in [3.8, 4) is 0 Å². The molecule has 0 spiro atoms. The summed E-state index contributed by atoms with van der Waals surface area (Å²) in [4.78, 5) is 11.1. The molecule has 0 aromatic carbocycles. The van der Waals surface area contributed by atoms with E-state index in [4.69, 9.17) is 0 Å². The maximum absolute atomic E-state index is 4.49. The molecule has 2 aromatic rings. The summed E-state index contributed by atoms with van der Waals surface area (Å²) < 4.78 is 2.20. The van der Waals surface area contributed by atoms with Crippen LogP contribution in [0.25, 0.3) is 0 Å². The van der Waals surface area contributed by atoms with Gasteiger partial charge in [0.05, 0.1) is 6.54 Å². The Kier molecular flexibility index (Phi) is 2.84. The molecule has 0 N–H and O–H groups in total. The number of rotatable bonds is 2. The van der Waals surface area contributed by atoms with Gasteiger partial charge in [-0.25, -0.2) is 9.97 Å². The van der Waals surface area contributed by atoms with Crippen LogP contribution in [0.5, 0.6) is 0 Å². The summed E-state index contributed by atoms with van der Waals surface area (Å²) in [7, 11) is 0. The third kappa shape index (κ3) is 1.95. The van der Waals surface area contributed by atoms with E-state index in [-0.39, 0.29) is 0 Å². The molecule has 17 heavy (non-hydrogen) atoms. The molecule has 0 aliphatic carbocycles. The first-order valence-corrected chi connectivity index (χ1v) is 6.75. The molecule has 0 saturated heterocycles. The van der Waals surface area contributed by atoms with Gasteiger partial charge in [-0.3, -0.25) is 0 Å². The van der Waals surface area contributed by atoms with Crippen molar-refractivity contribution in [1.82, 2.24) is 14.5 Å². The number of imidazole rings is 1. The van der Waals surface area contributed by atoms with Crippen LogP contribution in [-0.4, -0.2) is 21.1 Å². The standard InChI is InChI=1S/C12H13BrN4/c13-8-10-2-1-3-15-12(10)17-7-6-16-5-4-14-11(16)9-17/h1-5H,6-9H2. The fourth-order valence-corrected chi connectivity index (χ4v) is 2.61. The molecule has 0 saturated carbocycles. The Morgan fingerprint density at radius 2 is 2.18 bits per heavy atom. The van der Waals surface area contributed by atoms with Crippen molar-refractivity contribution < 1.29 is 0 Å². The highest BCUT2D eigenvalue weighted by Crippen LogP contribution is 2.23. The first kappa shape index (κ1) is 10.8. The van der Waals surface area contributed by atoms with Crippen LogP contribution >= 0.6 is 15.9 Å². The lowest BCUT2D eigenvalue weighted by molar-refractivity contribution is 0.555. The number of alkyl halides is 1. The van der Waals surface area contributed by atoms with Gasteiger partial charge in [0.2, 0.25) is 0 Å². The minimum absolute atomic E-state index is 0.834. The van der Waals surface area contributed by atoms with Crippen molar-refractivity contribution >= 4 is 21.7 Å². The van der Waals surface area contributed by atoms with Crippen molar-refractivity contribution in [3.63, 3.8) is 0 Å². The molecule has 0 atom stereocenters. The van der Waals surface area contributed by atoms with Gasteiger partial charge in [-0.2, -0.15) is 0 Å². The van der Waals surface area contributed by atoms with E-state index in [0.29, 0.717) is 0 Å². The molecule has 5 heteroatoms. The van der Waals surface area contributed by atoms with Crippen LogP contribution in [0.2, 0.25) is 0 Å². The van der Waals surface area contributed by atoms with E-state index in [1.807, 2.05) is 24.7 Å². The number of pyridine rings is 1. The van der Waals surface area contributed by atoms with Crippen molar-refractivity contribution in [3.05, 3.63) is 42.1 Å². The highest BCUT2D eigenvalue weighted by molar-refractivity contribution is 9.08. The molecule has 3 heterocycles. The number of nitrogens with zero attached hydrogens (tertiary/aromatic N) is 4. The van der Waals surface area contributed by atoms with E-state index in [1.54, 1.807) is 0 Å². The first-order chi connectivity index (χ1) is 8.38. The Bertz CT molecular complexity index is 523. The van der Waals surface area contributed by atoms with Crippen molar-refractivity contribution in [2.24, 2.45) is 0 Å². The van der Waals surface area contributed by atoms with Crippen LogP contribution in [-0.2, 0) is 18.4 Å². The summed E-state index contributed by atoms with van der Waals surface area (Å²) in [5.74, 6) is 2.18. The molecule has 88 valence electrons. The topological polar surface area (TPSA) is 34.0 Å². The molecular weight excluding hydrogens is 280 g/mol. The van der Waals surface area contributed by atoms with Gasteiger partial charge in [-0.1, -0.05) is 22.0 Å². The highest BCUT2D eigenvalue weighted by Gasteiger charge is 2.19. The second-order valence-corrected chi connectivity index (χ2v) is 4.64. The van der Waals surface area contributed by atoms with Gasteiger partial charge in [0.1, 0.15) is 11.6 Å². The van der Waals surface area contributed by atoms with E-state index in [1.165, 1.54) is 5.56 Å². The Morgan fingerprint density at radius 3 is 3.06 bits per heavy atom. The van der Waals surface area contributed by atoms with Gasteiger partial charge in [0.15, 0.2) is 0 Å². The molecule has 0 unspecified atom stereocenters. The average Bonchev–Trinajstić information content (AvgIpc) is 2.85. The van der Waals surface area contributed by atoms with Crippen molar-refractivity contribution in [2.45, 2.75) is 18.4 Å². The van der Waals surface area contributed by atoms with Gasteiger partial charge >= 0.3 is 0 Å². The number of hydrogen-bond acceptors (Lipinski definition) is 3. The fraction of sp³-hybridized carbons (Fsp3) is 0.333. The van der Waals surface area contributed by atoms with Crippen molar-refractivity contribution in [2.75, 3.05) is 11.4 Å². The normalized spacial score (nSPS) is 14.8. The lowest BCUT2D eigenvalue weighted by atomic mass is 10.2. The van der Waals surface area contributed by atoms with Gasteiger partial charge < -0.3 is 9.47 Å². The number of anilines is 1. The molecule has 1 aliphatic rings. The molecule has 0 amide bonds. The molecule has 3 rings (SSSR count). The molecular formula is C12H13BrN4. The van der Waals surface area contributed by atoms with E-state index in [0.717, 1.165) is 36.6 Å². The molecule has 2 aromatic heterocycles. The summed E-state index contributed by atoms with van der Waals surface area (Å²) in [5.41, 5.74) is 1.23. The smallest absolute Gasteiger partial charge is 0.133 e. The zero-order valence-electron chi connectivity index (χ0n) is 9.38. The Hall–Kier alpha value is -1.36. The molecule has 4 nitrogen and oxygen atoms in total. The Morgan fingerprint density at radius 1 is 1.24 bits per heavy atom. The third-order valence-electron chi connectivity index (χ3n) is 3.06. The van der Waals surface area contributed by atoms with E-state index in [2.05, 4.69) is 41.4 Å². The predicted molar refractivity (Wildman–Crippen MR) is 70.1 cm³/mol. The van der Waals surface area contributed by atoms with Gasteiger partial charge in [-0.05, 0) is 6.07 Å². The predicted octanol–water partition coefficient (Wildman–Crippen LogP) is 2.19. The summed E-state index contributed by atoms with van der Waals surface area (Å²) in [5, 5.41) is 0.834. The quantitative estimate of drug-likeness (QED) is 0.796. The van der Waals surface area contributed by atoms with Crippen molar-refractivity contribution in [1.29, 1.82) is 0 Å². The fourth-order valence-electron chi connectivity index (χ4n) is 2.17. The number of hydrogen-bond donors (Lipinski definition) is 0. The lowest BCUT2D eigenvalue weighted by Crippen LogP contribution is -2.34. The van der Waals surface area contributed by atoms with E-state index >= 15 is 0 Å². The highest BCUT2D eigenvalue weighted by atomic mass is 79.9. The second kappa shape index (κ2) is 4.49. The average molecular weight is 293 g/mol. The minimum atomic E-state index is 0.834. The Labute approximate surface area is 108 Å². The maximum atomic E-state index is 4.49. The van der Waals surface area contributed by atoms with Crippen LogP contribution in [0.1, 0.15) is 11.4 Å². The van der Waals surface area contributed by atoms with Crippen LogP contribution in [0, 0.1) is 0 Å². The number of halogens is 1. The zero-order chi connectivity index (χ0) is 11.7. The maximum Gasteiger partial charge on any atom is 0.133 e. The van der Waals surface area contributed by atoms with Crippen LogP contribution < -0.4 is 4.90 Å². The van der Waals surface area contributed by atoms with E-state index < -0.39 is 0 Å². The third-order valence-corrected chi connectivity index (χ3v) is 3.66. The second-order valence-electron chi connectivity index (χ2n) is 4.08. The minimum Gasteiger partial charge on any atom is -0.347 e. The Balaban J connectivity index is 1.91. The van der Waals surface area contributed by atoms with Gasteiger partial charge in [0.25, 0.3) is 0 Å². The summed E-state index contributed by atoms with van der Waals surface area (Å²) in [6.45, 7) is 2.80. The summed E-state index contributed by atoms with van der Waals surface area (Å²) >= 11 is 3.51. The summed E-state index contributed by atoms with van der Waals surface area (Å²) in [6.07, 6.45) is 5.75. The van der Waals surface area contributed by atoms with Crippen LogP contribution in [0.3, 0.4) is 0 Å². The van der Waals surface area contributed by atoms with Gasteiger partial charge in [0, 0.05) is 42.6 Å². The molecule has 0 radical (unpaired) electrons. The summed E-state index contributed by atoms with van der Waals surface area (Å²) in [6, 6.07) is 4.09. The van der Waals surface area contributed by atoms with Crippen LogP contribution in [0.15, 0.2) is 30.7 Å². The number of aromatic nitrogens is 3. The van der Waals surface area contributed by atoms with Gasteiger partial charge in [-0.15, -0.1) is 0 Å². The monoisotopic (exact) mass is 292 g/mol. The largest absolute Gasteiger partial charge is 0.347 e.